The highest BCUT2D eigenvalue weighted by atomic mass is 19.1. The number of nitrogens with zero attached hydrogens (tertiary/aromatic N) is 2. The molecule has 1 aromatic heterocycles. The summed E-state index contributed by atoms with van der Waals surface area (Å²) in [5.74, 6) is -0.186. The van der Waals surface area contributed by atoms with E-state index in [0.717, 1.165) is 31.7 Å². The van der Waals surface area contributed by atoms with E-state index in [1.165, 1.54) is 17.2 Å². The molecule has 2 aromatic carbocycles. The summed E-state index contributed by atoms with van der Waals surface area (Å²) in [5, 5.41) is 0. The van der Waals surface area contributed by atoms with E-state index in [-0.39, 0.29) is 5.82 Å². The van der Waals surface area contributed by atoms with Crippen LogP contribution in [0.3, 0.4) is 0 Å². The van der Waals surface area contributed by atoms with Gasteiger partial charge in [0.05, 0.1) is 5.69 Å². The topological polar surface area (TPSA) is 8.17 Å². The summed E-state index contributed by atoms with van der Waals surface area (Å²) in [6.07, 6.45) is 3.02. The second kappa shape index (κ2) is 6.01. The van der Waals surface area contributed by atoms with E-state index >= 15 is 0 Å². The van der Waals surface area contributed by atoms with E-state index in [4.69, 9.17) is 0 Å². The number of hydrogen-bond acceptors (Lipinski definition) is 1. The van der Waals surface area contributed by atoms with Crippen molar-refractivity contribution in [2.24, 2.45) is 0 Å². The Morgan fingerprint density at radius 3 is 2.52 bits per heavy atom. The van der Waals surface area contributed by atoms with Gasteiger partial charge >= 0.3 is 0 Å². The fraction of sp³-hybridized carbons (Fsp3) is 0.200. The molecule has 2 nitrogen and oxygen atoms in total. The van der Waals surface area contributed by atoms with E-state index in [9.17, 15) is 4.39 Å². The van der Waals surface area contributed by atoms with Crippen LogP contribution in [-0.2, 0) is 19.5 Å². The molecule has 3 aromatic rings. The summed E-state index contributed by atoms with van der Waals surface area (Å²) in [7, 11) is 0. The monoisotopic (exact) mass is 306 g/mol. The Morgan fingerprint density at radius 1 is 0.870 bits per heavy atom. The summed E-state index contributed by atoms with van der Waals surface area (Å²) in [5.41, 5.74) is 4.59. The van der Waals surface area contributed by atoms with Crippen LogP contribution >= 0.6 is 0 Å². The van der Waals surface area contributed by atoms with Gasteiger partial charge in [0, 0.05) is 31.5 Å². The first-order valence-electron chi connectivity index (χ1n) is 8.01. The molecule has 3 heteroatoms. The summed E-state index contributed by atoms with van der Waals surface area (Å²) in [4.78, 5) is 2.43. The molecule has 0 N–H and O–H groups in total. The van der Waals surface area contributed by atoms with Crippen molar-refractivity contribution in [2.45, 2.75) is 19.5 Å². The van der Waals surface area contributed by atoms with Crippen molar-refractivity contribution in [2.75, 3.05) is 6.54 Å². The Balaban J connectivity index is 1.58. The molecule has 0 saturated heterocycles. The number of halogens is 1. The average molecular weight is 306 g/mol. The summed E-state index contributed by atoms with van der Waals surface area (Å²) in [6, 6.07) is 19.6. The smallest absolute Gasteiger partial charge is 0.147 e. The molecule has 0 amide bonds. The molecule has 0 atom stereocenters. The van der Waals surface area contributed by atoms with Crippen LogP contribution in [0.25, 0.3) is 5.69 Å². The lowest BCUT2D eigenvalue weighted by atomic mass is 10.00. The standard InChI is InChI=1S/C20H19FN2/c21-19-9-3-4-10-20(19)23-12-5-8-18(23)15-22-13-11-16-6-1-2-7-17(16)14-22/h1-10,12H,11,13-15H2. The van der Waals surface area contributed by atoms with Crippen LogP contribution in [0.1, 0.15) is 16.8 Å². The highest BCUT2D eigenvalue weighted by Gasteiger charge is 2.17. The van der Waals surface area contributed by atoms with Crippen LogP contribution in [0.5, 0.6) is 0 Å². The maximum atomic E-state index is 14.1. The average Bonchev–Trinajstić information content (AvgIpc) is 3.03. The molecule has 4 rings (SSSR count). The Kier molecular flexibility index (Phi) is 3.72. The zero-order chi connectivity index (χ0) is 15.6. The van der Waals surface area contributed by atoms with Crippen LogP contribution < -0.4 is 0 Å². The minimum absolute atomic E-state index is 0.186. The second-order valence-corrected chi connectivity index (χ2v) is 6.05. The van der Waals surface area contributed by atoms with Crippen molar-refractivity contribution < 1.29 is 4.39 Å². The lowest BCUT2D eigenvalue weighted by Crippen LogP contribution is -2.30. The van der Waals surface area contributed by atoms with Crippen molar-refractivity contribution in [3.63, 3.8) is 0 Å². The SMILES string of the molecule is Fc1ccccc1-n1cccc1CN1CCc2ccccc2C1. The molecule has 0 fully saturated rings. The van der Waals surface area contributed by atoms with Crippen LogP contribution in [0.15, 0.2) is 66.9 Å². The molecule has 2 heterocycles. The summed E-state index contributed by atoms with van der Waals surface area (Å²) < 4.78 is 16.0. The van der Waals surface area contributed by atoms with E-state index < -0.39 is 0 Å². The van der Waals surface area contributed by atoms with Crippen molar-refractivity contribution in [3.05, 3.63) is 89.5 Å². The maximum absolute atomic E-state index is 14.1. The second-order valence-electron chi connectivity index (χ2n) is 6.05. The van der Waals surface area contributed by atoms with E-state index in [1.54, 1.807) is 6.07 Å². The largest absolute Gasteiger partial charge is 0.317 e. The zero-order valence-electron chi connectivity index (χ0n) is 13.0. The number of aromatic nitrogens is 1. The van der Waals surface area contributed by atoms with Crippen molar-refractivity contribution in [1.29, 1.82) is 0 Å². The molecule has 0 unspecified atom stereocenters. The Morgan fingerprint density at radius 2 is 1.65 bits per heavy atom. The number of para-hydroxylation sites is 1. The van der Waals surface area contributed by atoms with Gasteiger partial charge in [-0.25, -0.2) is 4.39 Å². The number of hydrogen-bond donors (Lipinski definition) is 0. The highest BCUT2D eigenvalue weighted by molar-refractivity contribution is 5.36. The van der Waals surface area contributed by atoms with E-state index in [2.05, 4.69) is 35.2 Å². The first kappa shape index (κ1) is 14.2. The first-order valence-corrected chi connectivity index (χ1v) is 8.01. The fourth-order valence-corrected chi connectivity index (χ4v) is 3.35. The molecule has 0 aliphatic carbocycles. The molecule has 0 spiro atoms. The lowest BCUT2D eigenvalue weighted by Gasteiger charge is -2.29. The summed E-state index contributed by atoms with van der Waals surface area (Å²) >= 11 is 0. The van der Waals surface area contributed by atoms with Crippen LogP contribution in [-0.4, -0.2) is 16.0 Å². The molecule has 0 bridgehead atoms. The summed E-state index contributed by atoms with van der Waals surface area (Å²) in [6.45, 7) is 2.83. The number of rotatable bonds is 3. The van der Waals surface area contributed by atoms with Gasteiger partial charge in [-0.1, -0.05) is 36.4 Å². The number of fused-ring (bicyclic) bond motifs is 1. The van der Waals surface area contributed by atoms with Gasteiger partial charge in [-0.3, -0.25) is 4.90 Å². The van der Waals surface area contributed by atoms with Crippen LogP contribution in [0.2, 0.25) is 0 Å². The minimum Gasteiger partial charge on any atom is -0.317 e. The lowest BCUT2D eigenvalue weighted by molar-refractivity contribution is 0.241. The van der Waals surface area contributed by atoms with E-state index in [0.29, 0.717) is 5.69 Å². The molecule has 1 aliphatic heterocycles. The van der Waals surface area contributed by atoms with Gasteiger partial charge in [0.1, 0.15) is 5.82 Å². The van der Waals surface area contributed by atoms with Crippen molar-refractivity contribution in [1.82, 2.24) is 9.47 Å². The predicted octanol–water partition coefficient (Wildman–Crippen LogP) is 4.17. The predicted molar refractivity (Wildman–Crippen MR) is 90.0 cm³/mol. The minimum atomic E-state index is -0.186. The van der Waals surface area contributed by atoms with Gasteiger partial charge in [0.25, 0.3) is 0 Å². The van der Waals surface area contributed by atoms with Crippen LogP contribution in [0.4, 0.5) is 4.39 Å². The van der Waals surface area contributed by atoms with Gasteiger partial charge in [0.2, 0.25) is 0 Å². The highest BCUT2D eigenvalue weighted by Crippen LogP contribution is 2.22. The van der Waals surface area contributed by atoms with Crippen LogP contribution in [0, 0.1) is 5.82 Å². The van der Waals surface area contributed by atoms with Gasteiger partial charge < -0.3 is 4.57 Å². The molecule has 116 valence electrons. The quantitative estimate of drug-likeness (QED) is 0.705. The Hall–Kier alpha value is -2.39. The first-order chi connectivity index (χ1) is 11.3. The fourth-order valence-electron chi connectivity index (χ4n) is 3.35. The van der Waals surface area contributed by atoms with Crippen molar-refractivity contribution >= 4 is 0 Å². The maximum Gasteiger partial charge on any atom is 0.147 e. The van der Waals surface area contributed by atoms with Crippen molar-refractivity contribution in [3.8, 4) is 5.69 Å². The number of benzene rings is 2. The zero-order valence-corrected chi connectivity index (χ0v) is 13.0. The van der Waals surface area contributed by atoms with Gasteiger partial charge in [-0.15, -0.1) is 0 Å². The Bertz CT molecular complexity index is 822. The normalized spacial score (nSPS) is 14.7. The van der Waals surface area contributed by atoms with Gasteiger partial charge in [0.15, 0.2) is 0 Å². The third-order valence-corrected chi connectivity index (χ3v) is 4.54. The molecule has 1 aliphatic rings. The third-order valence-electron chi connectivity index (χ3n) is 4.54. The molecule has 23 heavy (non-hydrogen) atoms. The third kappa shape index (κ3) is 2.80. The Labute approximate surface area is 135 Å². The molecule has 0 radical (unpaired) electrons. The molecule has 0 saturated carbocycles. The van der Waals surface area contributed by atoms with Gasteiger partial charge in [-0.2, -0.15) is 0 Å². The van der Waals surface area contributed by atoms with Gasteiger partial charge in [-0.05, 0) is 41.8 Å². The molecular weight excluding hydrogens is 287 g/mol. The van der Waals surface area contributed by atoms with E-state index in [1.807, 2.05) is 29.0 Å². The molecular formula is C20H19FN2.